The molecular weight excluding hydrogens is 499 g/mol. The topological polar surface area (TPSA) is 103 Å². The molecule has 0 bridgehead atoms. The molecule has 2 aliphatic heterocycles. The zero-order valence-corrected chi connectivity index (χ0v) is 22.6. The zero-order valence-electron chi connectivity index (χ0n) is 22.6. The van der Waals surface area contributed by atoms with Crippen LogP contribution < -0.4 is 9.64 Å². The molecule has 0 saturated carbocycles. The number of nitrogens with one attached hydrogen (secondary N) is 1. The second-order valence-corrected chi connectivity index (χ2v) is 9.83. The number of rotatable bonds is 4. The number of halogens is 1. The Morgan fingerprint density at radius 1 is 1.08 bits per heavy atom. The maximum absolute atomic E-state index is 15.9. The molecule has 1 N–H and O–H groups in total. The van der Waals surface area contributed by atoms with Gasteiger partial charge in [-0.1, -0.05) is 12.6 Å². The second kappa shape index (κ2) is 11.3. The van der Waals surface area contributed by atoms with E-state index in [-0.39, 0.29) is 23.1 Å². The highest BCUT2D eigenvalue weighted by molar-refractivity contribution is 5.98. The lowest BCUT2D eigenvalue weighted by molar-refractivity contribution is -0.126. The van der Waals surface area contributed by atoms with Crippen LogP contribution in [0.3, 0.4) is 0 Å². The van der Waals surface area contributed by atoms with Crippen LogP contribution in [0.1, 0.15) is 18.4 Å². The van der Waals surface area contributed by atoms with Crippen molar-refractivity contribution in [3.05, 3.63) is 48.6 Å². The van der Waals surface area contributed by atoms with Gasteiger partial charge in [0.2, 0.25) is 5.91 Å². The van der Waals surface area contributed by atoms with Gasteiger partial charge in [0.05, 0.1) is 24.2 Å². The molecule has 0 radical (unpaired) electrons. The van der Waals surface area contributed by atoms with Crippen molar-refractivity contribution in [1.29, 1.82) is 0 Å². The van der Waals surface area contributed by atoms with E-state index >= 15 is 4.39 Å². The number of hydrogen-bond donors (Lipinski definition) is 1. The smallest absolute Gasteiger partial charge is 0.318 e. The molecule has 1 aromatic carbocycles. The van der Waals surface area contributed by atoms with E-state index in [2.05, 4.69) is 43.7 Å². The van der Waals surface area contributed by atoms with E-state index < -0.39 is 5.82 Å². The molecule has 11 heteroatoms. The molecule has 39 heavy (non-hydrogen) atoms. The lowest BCUT2D eigenvalue weighted by Crippen LogP contribution is -2.48. The molecule has 5 heterocycles. The number of nitrogens with zero attached hydrogens (tertiary/aromatic N) is 7. The van der Waals surface area contributed by atoms with Gasteiger partial charge in [-0.3, -0.25) is 14.9 Å². The Morgan fingerprint density at radius 2 is 1.82 bits per heavy atom. The molecule has 4 aromatic rings. The van der Waals surface area contributed by atoms with Gasteiger partial charge in [-0.25, -0.2) is 4.39 Å². The summed E-state index contributed by atoms with van der Waals surface area (Å²) in [5.74, 6) is -0.133. The first-order valence-electron chi connectivity index (χ1n) is 13.1. The predicted molar refractivity (Wildman–Crippen MR) is 149 cm³/mol. The van der Waals surface area contributed by atoms with Crippen LogP contribution in [0.25, 0.3) is 33.1 Å². The number of carbonyl (C=O) groups is 1. The van der Waals surface area contributed by atoms with Gasteiger partial charge in [0.1, 0.15) is 17.0 Å². The van der Waals surface area contributed by atoms with E-state index in [1.54, 1.807) is 17.3 Å². The van der Waals surface area contributed by atoms with E-state index in [4.69, 9.17) is 4.74 Å². The van der Waals surface area contributed by atoms with E-state index in [1.165, 1.54) is 39.1 Å². The number of hydrogen-bond acceptors (Lipinski definition) is 8. The van der Waals surface area contributed by atoms with E-state index in [9.17, 15) is 4.79 Å². The number of carbonyl (C=O) groups excluding carboxylic acids is 1. The minimum absolute atomic E-state index is 0.0661. The molecule has 1 amide bonds. The standard InChI is InChI=1S/C23H22FN7O2.C5H11N/c1-4-17(32)30-7-9-31(10-8-30)22-15-11-25-21(19(24)20(15)27-23(28-22)33-3)18-13(2)5-6-16-14(18)12-26-29-16;1-6-4-2-3-5-6/h4-6,11-12H,1,7-10H2,2-3H3,(H,26,29);2-5H2,1H3. The summed E-state index contributed by atoms with van der Waals surface area (Å²) in [6.45, 7) is 10.2. The number of methoxy groups -OCH3 is 1. The first kappa shape index (κ1) is 26.5. The third-order valence-electron chi connectivity index (χ3n) is 7.29. The summed E-state index contributed by atoms with van der Waals surface area (Å²) in [6, 6.07) is 3.87. The fourth-order valence-corrected chi connectivity index (χ4v) is 5.11. The van der Waals surface area contributed by atoms with Crippen molar-refractivity contribution >= 4 is 33.5 Å². The van der Waals surface area contributed by atoms with E-state index in [0.29, 0.717) is 42.9 Å². The molecule has 0 unspecified atom stereocenters. The van der Waals surface area contributed by atoms with E-state index in [0.717, 1.165) is 16.5 Å². The van der Waals surface area contributed by atoms with Crippen molar-refractivity contribution in [2.24, 2.45) is 0 Å². The van der Waals surface area contributed by atoms with Crippen LogP contribution in [0.15, 0.2) is 37.2 Å². The Morgan fingerprint density at radius 3 is 2.46 bits per heavy atom. The Labute approximate surface area is 226 Å². The molecule has 0 spiro atoms. The number of aromatic amines is 1. The van der Waals surface area contributed by atoms with Crippen LogP contribution in [-0.4, -0.2) is 94.3 Å². The Hall–Kier alpha value is -4.12. The van der Waals surface area contributed by atoms with Crippen LogP contribution in [-0.2, 0) is 4.79 Å². The summed E-state index contributed by atoms with van der Waals surface area (Å²) < 4.78 is 21.2. The first-order valence-corrected chi connectivity index (χ1v) is 13.1. The Bertz CT molecular complexity index is 1510. The number of amides is 1. The number of H-pyrrole nitrogens is 1. The van der Waals surface area contributed by atoms with Crippen molar-refractivity contribution in [2.45, 2.75) is 19.8 Å². The third-order valence-corrected chi connectivity index (χ3v) is 7.29. The maximum atomic E-state index is 15.9. The minimum Gasteiger partial charge on any atom is -0.467 e. The number of ether oxygens (including phenoxy) is 1. The number of pyridine rings is 1. The first-order chi connectivity index (χ1) is 18.9. The molecule has 3 aromatic heterocycles. The summed E-state index contributed by atoms with van der Waals surface area (Å²) in [6.07, 6.45) is 7.40. The van der Waals surface area contributed by atoms with Crippen LogP contribution in [0.2, 0.25) is 0 Å². The fourth-order valence-electron chi connectivity index (χ4n) is 5.11. The lowest BCUT2D eigenvalue weighted by Gasteiger charge is -2.35. The summed E-state index contributed by atoms with van der Waals surface area (Å²) in [4.78, 5) is 31.3. The highest BCUT2D eigenvalue weighted by Gasteiger charge is 2.26. The summed E-state index contributed by atoms with van der Waals surface area (Å²) >= 11 is 0. The summed E-state index contributed by atoms with van der Waals surface area (Å²) in [7, 11) is 3.62. The van der Waals surface area contributed by atoms with E-state index in [1.807, 2.05) is 24.0 Å². The molecular formula is C28H33FN8O2. The zero-order chi connectivity index (χ0) is 27.5. The molecule has 204 valence electrons. The largest absolute Gasteiger partial charge is 0.467 e. The summed E-state index contributed by atoms with van der Waals surface area (Å²) in [5, 5.41) is 8.27. The highest BCUT2D eigenvalue weighted by atomic mass is 19.1. The molecule has 2 saturated heterocycles. The molecule has 2 fully saturated rings. The molecule has 0 atom stereocenters. The van der Waals surface area contributed by atoms with Crippen molar-refractivity contribution in [3.8, 4) is 17.3 Å². The SMILES string of the molecule is C=CC(=O)N1CCN(c2nc(OC)nc3c(F)c(-c4c(C)ccc5[nH]ncc45)ncc23)CC1.CN1CCCC1. The quantitative estimate of drug-likeness (QED) is 0.398. The minimum atomic E-state index is -0.549. The molecule has 2 aliphatic rings. The third kappa shape index (κ3) is 5.26. The predicted octanol–water partition coefficient (Wildman–Crippen LogP) is 3.57. The van der Waals surface area contributed by atoms with Gasteiger partial charge in [0.15, 0.2) is 5.82 Å². The second-order valence-electron chi connectivity index (χ2n) is 9.83. The van der Waals surface area contributed by atoms with Crippen molar-refractivity contribution < 1.29 is 13.9 Å². The van der Waals surface area contributed by atoms with Crippen LogP contribution in [0.5, 0.6) is 6.01 Å². The van der Waals surface area contributed by atoms with Crippen LogP contribution in [0.4, 0.5) is 10.2 Å². The van der Waals surface area contributed by atoms with Gasteiger partial charge in [-0.15, -0.1) is 0 Å². The molecule has 6 rings (SSSR count). The Kier molecular flexibility index (Phi) is 7.69. The van der Waals surface area contributed by atoms with Gasteiger partial charge in [0, 0.05) is 43.3 Å². The monoisotopic (exact) mass is 532 g/mol. The normalized spacial score (nSPS) is 15.9. The number of fused-ring (bicyclic) bond motifs is 2. The van der Waals surface area contributed by atoms with Crippen molar-refractivity contribution in [3.63, 3.8) is 0 Å². The number of likely N-dealkylation sites (tertiary alicyclic amines) is 1. The maximum Gasteiger partial charge on any atom is 0.318 e. The average Bonchev–Trinajstić information content (AvgIpc) is 3.65. The highest BCUT2D eigenvalue weighted by Crippen LogP contribution is 2.36. The lowest BCUT2D eigenvalue weighted by atomic mass is 10.00. The summed E-state index contributed by atoms with van der Waals surface area (Å²) in [5.41, 5.74) is 2.66. The Balaban J connectivity index is 0.000000455. The van der Waals surface area contributed by atoms with Gasteiger partial charge in [-0.2, -0.15) is 15.1 Å². The number of benzene rings is 1. The average molecular weight is 533 g/mol. The van der Waals surface area contributed by atoms with Gasteiger partial charge >= 0.3 is 6.01 Å². The number of aryl methyl sites for hydroxylation is 1. The molecule has 10 nitrogen and oxygen atoms in total. The fraction of sp³-hybridized carbons (Fsp3) is 0.393. The van der Waals surface area contributed by atoms with Gasteiger partial charge in [-0.05, 0) is 57.6 Å². The van der Waals surface area contributed by atoms with Crippen LogP contribution in [0, 0.1) is 12.7 Å². The van der Waals surface area contributed by atoms with Crippen molar-refractivity contribution in [2.75, 3.05) is 58.3 Å². The van der Waals surface area contributed by atoms with Crippen molar-refractivity contribution in [1.82, 2.24) is 34.9 Å². The number of anilines is 1. The van der Waals surface area contributed by atoms with Gasteiger partial charge in [0.25, 0.3) is 0 Å². The van der Waals surface area contributed by atoms with Gasteiger partial charge < -0.3 is 19.4 Å². The molecule has 0 aliphatic carbocycles. The number of piperazine rings is 1. The number of aromatic nitrogens is 5. The van der Waals surface area contributed by atoms with Crippen LogP contribution >= 0.6 is 0 Å².